The lowest BCUT2D eigenvalue weighted by molar-refractivity contribution is 0.0744. The highest BCUT2D eigenvalue weighted by molar-refractivity contribution is 9.09. The van der Waals surface area contributed by atoms with Crippen molar-refractivity contribution in [2.24, 2.45) is 0 Å². The van der Waals surface area contributed by atoms with Crippen molar-refractivity contribution in [3.63, 3.8) is 0 Å². The summed E-state index contributed by atoms with van der Waals surface area (Å²) in [6.45, 7) is 7.17. The second kappa shape index (κ2) is 7.08. The lowest BCUT2D eigenvalue weighted by Gasteiger charge is -2.17. The number of hydrogen-bond donors (Lipinski definition) is 0. The SMILES string of the molecule is Cc1ccccc1C(CBr)CCOC(C)C. The molecular weight excluding hydrogens is 264 g/mol. The normalized spacial score (nSPS) is 13.1. The molecule has 0 aliphatic carbocycles. The van der Waals surface area contributed by atoms with Crippen molar-refractivity contribution in [3.8, 4) is 0 Å². The summed E-state index contributed by atoms with van der Waals surface area (Å²) < 4.78 is 5.61. The monoisotopic (exact) mass is 284 g/mol. The Labute approximate surface area is 107 Å². The Morgan fingerprint density at radius 3 is 2.50 bits per heavy atom. The van der Waals surface area contributed by atoms with Gasteiger partial charge in [-0.15, -0.1) is 0 Å². The Bertz CT molecular complexity index is 309. The molecule has 0 bridgehead atoms. The number of rotatable bonds is 6. The highest BCUT2D eigenvalue weighted by Gasteiger charge is 2.12. The predicted molar refractivity (Wildman–Crippen MR) is 73.4 cm³/mol. The first-order chi connectivity index (χ1) is 7.65. The van der Waals surface area contributed by atoms with E-state index in [0.29, 0.717) is 12.0 Å². The average molecular weight is 285 g/mol. The Hall–Kier alpha value is -0.340. The van der Waals surface area contributed by atoms with Crippen LogP contribution in [0.15, 0.2) is 24.3 Å². The highest BCUT2D eigenvalue weighted by atomic mass is 79.9. The molecular formula is C14H21BrO. The van der Waals surface area contributed by atoms with Crippen LogP contribution < -0.4 is 0 Å². The lowest BCUT2D eigenvalue weighted by Crippen LogP contribution is -2.10. The van der Waals surface area contributed by atoms with Crippen LogP contribution in [0.5, 0.6) is 0 Å². The Morgan fingerprint density at radius 2 is 1.94 bits per heavy atom. The summed E-state index contributed by atoms with van der Waals surface area (Å²) >= 11 is 3.60. The fourth-order valence-corrected chi connectivity index (χ4v) is 2.48. The van der Waals surface area contributed by atoms with Crippen molar-refractivity contribution in [1.82, 2.24) is 0 Å². The quantitative estimate of drug-likeness (QED) is 0.708. The second-order valence-corrected chi connectivity index (χ2v) is 5.06. The van der Waals surface area contributed by atoms with E-state index in [9.17, 15) is 0 Å². The Kier molecular flexibility index (Phi) is 6.07. The van der Waals surface area contributed by atoms with Crippen LogP contribution in [-0.2, 0) is 4.74 Å². The van der Waals surface area contributed by atoms with E-state index in [1.54, 1.807) is 0 Å². The number of hydrogen-bond acceptors (Lipinski definition) is 1. The molecule has 90 valence electrons. The van der Waals surface area contributed by atoms with Gasteiger partial charge in [-0.05, 0) is 44.2 Å². The molecule has 2 heteroatoms. The first-order valence-corrected chi connectivity index (χ1v) is 7.00. The van der Waals surface area contributed by atoms with Gasteiger partial charge in [-0.3, -0.25) is 0 Å². The summed E-state index contributed by atoms with van der Waals surface area (Å²) in [4.78, 5) is 0. The third-order valence-electron chi connectivity index (χ3n) is 2.73. The van der Waals surface area contributed by atoms with Crippen LogP contribution in [0.4, 0.5) is 0 Å². The van der Waals surface area contributed by atoms with Crippen molar-refractivity contribution in [3.05, 3.63) is 35.4 Å². The molecule has 0 fully saturated rings. The minimum absolute atomic E-state index is 0.327. The molecule has 1 atom stereocenters. The number of alkyl halides is 1. The first kappa shape index (κ1) is 13.7. The zero-order valence-corrected chi connectivity index (χ0v) is 12.0. The van der Waals surface area contributed by atoms with Crippen LogP contribution in [0.2, 0.25) is 0 Å². The van der Waals surface area contributed by atoms with Crippen LogP contribution in [0, 0.1) is 6.92 Å². The zero-order chi connectivity index (χ0) is 12.0. The van der Waals surface area contributed by atoms with Crippen LogP contribution in [0.1, 0.15) is 37.3 Å². The standard InChI is InChI=1S/C14H21BrO/c1-11(2)16-9-8-13(10-15)14-7-5-4-6-12(14)3/h4-7,11,13H,8-10H2,1-3H3. The van der Waals surface area contributed by atoms with E-state index in [4.69, 9.17) is 4.74 Å². The summed E-state index contributed by atoms with van der Waals surface area (Å²) in [7, 11) is 0. The van der Waals surface area contributed by atoms with Gasteiger partial charge >= 0.3 is 0 Å². The van der Waals surface area contributed by atoms with Gasteiger partial charge in [-0.1, -0.05) is 40.2 Å². The summed E-state index contributed by atoms with van der Waals surface area (Å²) in [5.74, 6) is 0.556. The van der Waals surface area contributed by atoms with Crippen LogP contribution in [-0.4, -0.2) is 18.0 Å². The van der Waals surface area contributed by atoms with Crippen molar-refractivity contribution < 1.29 is 4.74 Å². The van der Waals surface area contributed by atoms with Crippen molar-refractivity contribution in [1.29, 1.82) is 0 Å². The third kappa shape index (κ3) is 4.26. The topological polar surface area (TPSA) is 9.23 Å². The fourth-order valence-electron chi connectivity index (χ4n) is 1.81. The Balaban J connectivity index is 2.57. The summed E-state index contributed by atoms with van der Waals surface area (Å²) in [6, 6.07) is 8.60. The molecule has 0 saturated heterocycles. The molecule has 0 saturated carbocycles. The fraction of sp³-hybridized carbons (Fsp3) is 0.571. The molecule has 1 unspecified atom stereocenters. The van der Waals surface area contributed by atoms with E-state index >= 15 is 0 Å². The van der Waals surface area contributed by atoms with E-state index in [1.165, 1.54) is 11.1 Å². The molecule has 1 rings (SSSR count). The maximum atomic E-state index is 5.61. The van der Waals surface area contributed by atoms with Crippen molar-refractivity contribution in [2.75, 3.05) is 11.9 Å². The highest BCUT2D eigenvalue weighted by Crippen LogP contribution is 2.25. The maximum Gasteiger partial charge on any atom is 0.0518 e. The average Bonchev–Trinajstić information content (AvgIpc) is 2.25. The van der Waals surface area contributed by atoms with Crippen LogP contribution in [0.25, 0.3) is 0 Å². The molecule has 0 radical (unpaired) electrons. The molecule has 0 aliphatic heterocycles. The van der Waals surface area contributed by atoms with Gasteiger partial charge in [0.05, 0.1) is 6.10 Å². The van der Waals surface area contributed by atoms with Gasteiger partial charge < -0.3 is 4.74 Å². The van der Waals surface area contributed by atoms with Crippen molar-refractivity contribution in [2.45, 2.75) is 39.2 Å². The molecule has 0 heterocycles. The van der Waals surface area contributed by atoms with Gasteiger partial charge in [0.25, 0.3) is 0 Å². The summed E-state index contributed by atoms with van der Waals surface area (Å²) in [6.07, 6.45) is 1.40. The molecule has 16 heavy (non-hydrogen) atoms. The molecule has 1 aromatic rings. The van der Waals surface area contributed by atoms with Gasteiger partial charge in [0, 0.05) is 11.9 Å². The van der Waals surface area contributed by atoms with Crippen LogP contribution >= 0.6 is 15.9 Å². The summed E-state index contributed by atoms with van der Waals surface area (Å²) in [5.41, 5.74) is 2.81. The van der Waals surface area contributed by atoms with E-state index in [-0.39, 0.29) is 0 Å². The second-order valence-electron chi connectivity index (χ2n) is 4.42. The predicted octanol–water partition coefficient (Wildman–Crippen LogP) is 4.29. The van der Waals surface area contributed by atoms with Gasteiger partial charge in [0.15, 0.2) is 0 Å². The minimum atomic E-state index is 0.327. The van der Waals surface area contributed by atoms with E-state index in [0.717, 1.165) is 18.4 Å². The number of halogens is 1. The maximum absolute atomic E-state index is 5.61. The van der Waals surface area contributed by atoms with Gasteiger partial charge in [0.2, 0.25) is 0 Å². The summed E-state index contributed by atoms with van der Waals surface area (Å²) in [5, 5.41) is 0.999. The van der Waals surface area contributed by atoms with Crippen molar-refractivity contribution >= 4 is 15.9 Å². The molecule has 0 aromatic heterocycles. The molecule has 0 aliphatic rings. The van der Waals surface area contributed by atoms with Gasteiger partial charge in [-0.25, -0.2) is 0 Å². The van der Waals surface area contributed by atoms with Gasteiger partial charge in [0.1, 0.15) is 0 Å². The van der Waals surface area contributed by atoms with Gasteiger partial charge in [-0.2, -0.15) is 0 Å². The smallest absolute Gasteiger partial charge is 0.0518 e. The van der Waals surface area contributed by atoms with E-state index in [2.05, 4.69) is 61.0 Å². The van der Waals surface area contributed by atoms with E-state index < -0.39 is 0 Å². The van der Waals surface area contributed by atoms with Crippen LogP contribution in [0.3, 0.4) is 0 Å². The molecule has 0 spiro atoms. The molecule has 1 aromatic carbocycles. The zero-order valence-electron chi connectivity index (χ0n) is 10.4. The Morgan fingerprint density at radius 1 is 1.25 bits per heavy atom. The van der Waals surface area contributed by atoms with E-state index in [1.807, 2.05) is 0 Å². The molecule has 1 nitrogen and oxygen atoms in total. The number of aryl methyl sites for hydroxylation is 1. The first-order valence-electron chi connectivity index (χ1n) is 5.88. The minimum Gasteiger partial charge on any atom is -0.379 e. The third-order valence-corrected chi connectivity index (χ3v) is 3.51. The lowest BCUT2D eigenvalue weighted by atomic mass is 9.94. The molecule has 0 amide bonds. The largest absolute Gasteiger partial charge is 0.379 e. The molecule has 0 N–H and O–H groups in total. The number of benzene rings is 1. The number of ether oxygens (including phenoxy) is 1.